The van der Waals surface area contributed by atoms with Crippen molar-refractivity contribution in [1.29, 1.82) is 0 Å². The quantitative estimate of drug-likeness (QED) is 0.467. The molecule has 0 aliphatic carbocycles. The van der Waals surface area contributed by atoms with Gasteiger partial charge >= 0.3 is 0 Å². The SMILES string of the molecule is O=C(Cl)COc1ccc([N+](=O)[O-])cc1Cl. The van der Waals surface area contributed by atoms with Crippen molar-refractivity contribution >= 4 is 34.1 Å². The zero-order valence-corrected chi connectivity index (χ0v) is 8.79. The van der Waals surface area contributed by atoms with Gasteiger partial charge in [-0.25, -0.2) is 0 Å². The third kappa shape index (κ3) is 3.38. The maximum Gasteiger partial charge on any atom is 0.271 e. The highest BCUT2D eigenvalue weighted by molar-refractivity contribution is 6.63. The van der Waals surface area contributed by atoms with Gasteiger partial charge in [0, 0.05) is 12.1 Å². The molecule has 15 heavy (non-hydrogen) atoms. The van der Waals surface area contributed by atoms with E-state index in [9.17, 15) is 14.9 Å². The number of carbonyl (C=O) groups excluding carboxylic acids is 1. The lowest BCUT2D eigenvalue weighted by Crippen LogP contribution is -2.04. The minimum Gasteiger partial charge on any atom is -0.483 e. The Labute approximate surface area is 94.7 Å². The van der Waals surface area contributed by atoms with Gasteiger partial charge < -0.3 is 4.74 Å². The van der Waals surface area contributed by atoms with Crippen LogP contribution in [0.1, 0.15) is 0 Å². The summed E-state index contributed by atoms with van der Waals surface area (Å²) < 4.78 is 4.90. The summed E-state index contributed by atoms with van der Waals surface area (Å²) in [4.78, 5) is 20.2. The minimum atomic E-state index is -0.676. The van der Waals surface area contributed by atoms with Crippen molar-refractivity contribution in [1.82, 2.24) is 0 Å². The number of non-ortho nitro benzene ring substituents is 1. The van der Waals surface area contributed by atoms with Crippen LogP contribution in [0.25, 0.3) is 0 Å². The number of nitro benzene ring substituents is 1. The van der Waals surface area contributed by atoms with E-state index in [2.05, 4.69) is 0 Å². The summed E-state index contributed by atoms with van der Waals surface area (Å²) in [7, 11) is 0. The molecule has 5 nitrogen and oxygen atoms in total. The Hall–Kier alpha value is -1.33. The summed E-state index contributed by atoms with van der Waals surface area (Å²) in [5.74, 6) is 0.177. The average Bonchev–Trinajstić information content (AvgIpc) is 2.15. The Bertz CT molecular complexity index is 408. The third-order valence-corrected chi connectivity index (χ3v) is 1.87. The van der Waals surface area contributed by atoms with Crippen molar-refractivity contribution in [3.05, 3.63) is 33.3 Å². The van der Waals surface area contributed by atoms with E-state index >= 15 is 0 Å². The molecule has 7 heteroatoms. The fourth-order valence-electron chi connectivity index (χ4n) is 0.855. The second-order valence-corrected chi connectivity index (χ2v) is 3.34. The molecule has 0 saturated carbocycles. The summed E-state index contributed by atoms with van der Waals surface area (Å²) in [5, 5.41) is 9.74. The summed E-state index contributed by atoms with van der Waals surface area (Å²) in [6, 6.07) is 3.66. The molecule has 0 N–H and O–H groups in total. The predicted molar refractivity (Wildman–Crippen MR) is 54.5 cm³/mol. The van der Waals surface area contributed by atoms with E-state index in [1.54, 1.807) is 0 Å². The van der Waals surface area contributed by atoms with Crippen molar-refractivity contribution < 1.29 is 14.5 Å². The van der Waals surface area contributed by atoms with E-state index in [1.165, 1.54) is 12.1 Å². The zero-order chi connectivity index (χ0) is 11.4. The standard InChI is InChI=1S/C8H5Cl2NO4/c9-6-3-5(11(13)14)1-2-7(6)15-4-8(10)12/h1-3H,4H2. The van der Waals surface area contributed by atoms with Crippen LogP contribution < -0.4 is 4.74 Å². The molecular formula is C8H5Cl2NO4. The van der Waals surface area contributed by atoms with E-state index in [4.69, 9.17) is 27.9 Å². The number of nitro groups is 1. The Morgan fingerprint density at radius 1 is 1.53 bits per heavy atom. The summed E-state index contributed by atoms with van der Waals surface area (Å²) in [6.45, 7) is -0.334. The van der Waals surface area contributed by atoms with Crippen LogP contribution in [0, 0.1) is 10.1 Å². The molecule has 80 valence electrons. The Morgan fingerprint density at radius 2 is 2.20 bits per heavy atom. The number of hydrogen-bond donors (Lipinski definition) is 0. The Balaban J connectivity index is 2.83. The number of hydrogen-bond acceptors (Lipinski definition) is 4. The van der Waals surface area contributed by atoms with E-state index in [-0.39, 0.29) is 23.1 Å². The van der Waals surface area contributed by atoms with Gasteiger partial charge in [0.25, 0.3) is 10.9 Å². The lowest BCUT2D eigenvalue weighted by atomic mass is 10.3. The van der Waals surface area contributed by atoms with Gasteiger partial charge in [0.15, 0.2) is 6.61 Å². The van der Waals surface area contributed by atoms with E-state index in [0.717, 1.165) is 6.07 Å². The molecule has 0 aromatic heterocycles. The average molecular weight is 250 g/mol. The maximum atomic E-state index is 10.4. The van der Waals surface area contributed by atoms with Crippen LogP contribution in [0.15, 0.2) is 18.2 Å². The molecule has 0 heterocycles. The third-order valence-electron chi connectivity index (χ3n) is 1.47. The predicted octanol–water partition coefficient (Wildman–Crippen LogP) is 2.39. The maximum absolute atomic E-state index is 10.4. The van der Waals surface area contributed by atoms with Crippen molar-refractivity contribution in [3.63, 3.8) is 0 Å². The van der Waals surface area contributed by atoms with Crippen LogP contribution in [-0.4, -0.2) is 16.8 Å². The number of rotatable bonds is 4. The molecule has 0 radical (unpaired) electrons. The van der Waals surface area contributed by atoms with Crippen molar-refractivity contribution in [2.75, 3.05) is 6.61 Å². The summed E-state index contributed by atoms with van der Waals surface area (Å²) >= 11 is 10.7. The van der Waals surface area contributed by atoms with Gasteiger partial charge in [-0.2, -0.15) is 0 Å². The number of carbonyl (C=O) groups is 1. The molecule has 0 aliphatic heterocycles. The number of nitrogens with zero attached hydrogens (tertiary/aromatic N) is 1. The molecular weight excluding hydrogens is 245 g/mol. The fraction of sp³-hybridized carbons (Fsp3) is 0.125. The number of benzene rings is 1. The molecule has 1 aromatic carbocycles. The first kappa shape index (κ1) is 11.7. The Kier molecular flexibility index (Phi) is 3.88. The van der Waals surface area contributed by atoms with E-state index in [1.807, 2.05) is 0 Å². The second kappa shape index (κ2) is 4.95. The summed E-state index contributed by atoms with van der Waals surface area (Å²) in [5.41, 5.74) is -0.149. The number of halogens is 2. The molecule has 0 spiro atoms. The highest BCUT2D eigenvalue weighted by Gasteiger charge is 2.10. The monoisotopic (exact) mass is 249 g/mol. The first-order valence-electron chi connectivity index (χ1n) is 3.76. The van der Waals surface area contributed by atoms with Crippen LogP contribution in [0.3, 0.4) is 0 Å². The summed E-state index contributed by atoms with van der Waals surface area (Å²) in [6.07, 6.45) is 0. The minimum absolute atomic E-state index is 0.0575. The molecule has 0 saturated heterocycles. The van der Waals surface area contributed by atoms with E-state index in [0.29, 0.717) is 0 Å². The molecule has 0 aliphatic rings. The van der Waals surface area contributed by atoms with Crippen molar-refractivity contribution in [2.45, 2.75) is 0 Å². The Morgan fingerprint density at radius 3 is 2.67 bits per heavy atom. The van der Waals surface area contributed by atoms with Gasteiger partial charge in [0.1, 0.15) is 5.75 Å². The lowest BCUT2D eigenvalue weighted by Gasteiger charge is -2.04. The zero-order valence-electron chi connectivity index (χ0n) is 7.28. The molecule has 0 fully saturated rings. The molecule has 1 rings (SSSR count). The van der Waals surface area contributed by atoms with Crippen molar-refractivity contribution in [3.8, 4) is 5.75 Å². The van der Waals surface area contributed by atoms with Crippen LogP contribution in [-0.2, 0) is 4.79 Å². The first-order valence-corrected chi connectivity index (χ1v) is 4.51. The fourth-order valence-corrected chi connectivity index (χ4v) is 1.14. The highest BCUT2D eigenvalue weighted by Crippen LogP contribution is 2.28. The van der Waals surface area contributed by atoms with Gasteiger partial charge in [0.05, 0.1) is 9.95 Å². The van der Waals surface area contributed by atoms with Crippen molar-refractivity contribution in [2.24, 2.45) is 0 Å². The molecule has 1 aromatic rings. The van der Waals surface area contributed by atoms with Crippen LogP contribution in [0.5, 0.6) is 5.75 Å². The smallest absolute Gasteiger partial charge is 0.271 e. The van der Waals surface area contributed by atoms with Crippen LogP contribution in [0.4, 0.5) is 5.69 Å². The lowest BCUT2D eigenvalue weighted by molar-refractivity contribution is -0.384. The van der Waals surface area contributed by atoms with Gasteiger partial charge in [-0.1, -0.05) is 11.6 Å². The van der Waals surface area contributed by atoms with Gasteiger partial charge in [-0.15, -0.1) is 0 Å². The molecule has 0 amide bonds. The number of ether oxygens (including phenoxy) is 1. The van der Waals surface area contributed by atoms with E-state index < -0.39 is 10.2 Å². The largest absolute Gasteiger partial charge is 0.483 e. The van der Waals surface area contributed by atoms with Gasteiger partial charge in [0.2, 0.25) is 0 Å². The molecule has 0 atom stereocenters. The molecule has 0 unspecified atom stereocenters. The normalized spacial score (nSPS) is 9.73. The molecule has 0 bridgehead atoms. The van der Waals surface area contributed by atoms with Crippen LogP contribution >= 0.6 is 23.2 Å². The first-order chi connectivity index (χ1) is 7.00. The van der Waals surface area contributed by atoms with Gasteiger partial charge in [-0.3, -0.25) is 14.9 Å². The van der Waals surface area contributed by atoms with Gasteiger partial charge in [-0.05, 0) is 17.7 Å². The second-order valence-electron chi connectivity index (χ2n) is 2.52. The highest BCUT2D eigenvalue weighted by atomic mass is 35.5. The van der Waals surface area contributed by atoms with Crippen LogP contribution in [0.2, 0.25) is 5.02 Å². The topological polar surface area (TPSA) is 69.4 Å².